The molecule has 1 amide bonds. The number of benzene rings is 1. The predicted molar refractivity (Wildman–Crippen MR) is 132 cm³/mol. The smallest absolute Gasteiger partial charge is 0.253 e. The van der Waals surface area contributed by atoms with Crippen molar-refractivity contribution in [2.45, 2.75) is 32.9 Å². The van der Waals surface area contributed by atoms with Gasteiger partial charge in [-0.15, -0.1) is 0 Å². The Morgan fingerprint density at radius 1 is 1.00 bits per heavy atom. The van der Waals surface area contributed by atoms with E-state index in [1.165, 1.54) is 0 Å². The first kappa shape index (κ1) is 22.2. The van der Waals surface area contributed by atoms with Gasteiger partial charge in [0, 0.05) is 56.2 Å². The minimum Gasteiger partial charge on any atom is -0.383 e. The second kappa shape index (κ2) is 9.65. The van der Waals surface area contributed by atoms with Gasteiger partial charge in [-0.2, -0.15) is 0 Å². The minimum absolute atomic E-state index is 0.161. The monoisotopic (exact) mass is 440 g/mol. The van der Waals surface area contributed by atoms with Crippen LogP contribution >= 0.6 is 0 Å². The number of carbonyl (C=O) groups is 1. The highest BCUT2D eigenvalue weighted by atomic mass is 16.1. The maximum atomic E-state index is 12.7. The Morgan fingerprint density at radius 2 is 1.82 bits per heavy atom. The van der Waals surface area contributed by atoms with Gasteiger partial charge in [0.25, 0.3) is 5.91 Å². The maximum Gasteiger partial charge on any atom is 0.253 e. The number of hydrogen-bond donors (Lipinski definition) is 2. The fourth-order valence-electron chi connectivity index (χ4n) is 3.58. The molecular formula is C26H28N6O. The molecule has 0 aliphatic heterocycles. The molecule has 0 saturated carbocycles. The summed E-state index contributed by atoms with van der Waals surface area (Å²) in [6.45, 7) is 4.67. The van der Waals surface area contributed by atoms with Crippen LogP contribution in [-0.2, 0) is 13.0 Å². The Labute approximate surface area is 193 Å². The summed E-state index contributed by atoms with van der Waals surface area (Å²) in [5, 5.41) is 4.88. The average molecular weight is 441 g/mol. The van der Waals surface area contributed by atoms with Crippen molar-refractivity contribution in [3.8, 4) is 0 Å². The first-order valence-corrected chi connectivity index (χ1v) is 10.9. The molecule has 3 aromatic heterocycles. The van der Waals surface area contributed by atoms with Gasteiger partial charge < -0.3 is 16.0 Å². The van der Waals surface area contributed by atoms with Crippen LogP contribution < -0.4 is 16.0 Å². The van der Waals surface area contributed by atoms with Gasteiger partial charge in [0.1, 0.15) is 11.6 Å². The number of nitrogen functional groups attached to an aromatic ring is 1. The van der Waals surface area contributed by atoms with E-state index < -0.39 is 0 Å². The molecule has 0 atom stereocenters. The average Bonchev–Trinajstić information content (AvgIpc) is 2.83. The van der Waals surface area contributed by atoms with Crippen molar-refractivity contribution < 1.29 is 4.79 Å². The largest absolute Gasteiger partial charge is 0.383 e. The van der Waals surface area contributed by atoms with E-state index in [0.717, 1.165) is 33.3 Å². The van der Waals surface area contributed by atoms with Crippen molar-refractivity contribution in [1.29, 1.82) is 0 Å². The number of nitrogens with two attached hydrogens (primary N) is 1. The van der Waals surface area contributed by atoms with Crippen LogP contribution in [0, 0.1) is 0 Å². The molecule has 7 heteroatoms. The summed E-state index contributed by atoms with van der Waals surface area (Å²) < 4.78 is 0. The van der Waals surface area contributed by atoms with Gasteiger partial charge in [0.2, 0.25) is 0 Å². The van der Waals surface area contributed by atoms with Crippen LogP contribution in [0.4, 0.5) is 11.6 Å². The highest BCUT2D eigenvalue weighted by Crippen LogP contribution is 2.20. The van der Waals surface area contributed by atoms with Crippen LogP contribution in [0.25, 0.3) is 10.8 Å². The van der Waals surface area contributed by atoms with E-state index in [9.17, 15) is 4.79 Å². The van der Waals surface area contributed by atoms with Crippen LogP contribution in [0.5, 0.6) is 0 Å². The van der Waals surface area contributed by atoms with E-state index in [0.29, 0.717) is 30.4 Å². The highest BCUT2D eigenvalue weighted by molar-refractivity contribution is 5.94. The van der Waals surface area contributed by atoms with Gasteiger partial charge in [-0.1, -0.05) is 18.2 Å². The van der Waals surface area contributed by atoms with Crippen LogP contribution in [0.1, 0.15) is 40.9 Å². The van der Waals surface area contributed by atoms with Gasteiger partial charge in [-0.05, 0) is 60.2 Å². The second-order valence-electron chi connectivity index (χ2n) is 8.42. The zero-order valence-electron chi connectivity index (χ0n) is 19.1. The third-order valence-corrected chi connectivity index (χ3v) is 5.72. The summed E-state index contributed by atoms with van der Waals surface area (Å²) in [5.74, 6) is 1.28. The molecule has 0 spiro atoms. The topological polar surface area (TPSA) is 97.0 Å². The summed E-state index contributed by atoms with van der Waals surface area (Å²) in [5.41, 5.74) is 9.47. The number of amides is 1. The molecule has 168 valence electrons. The van der Waals surface area contributed by atoms with E-state index in [2.05, 4.69) is 45.1 Å². The Bertz CT molecular complexity index is 1270. The number of anilines is 2. The lowest BCUT2D eigenvalue weighted by atomic mass is 10.1. The summed E-state index contributed by atoms with van der Waals surface area (Å²) >= 11 is 0. The Kier molecular flexibility index (Phi) is 6.49. The second-order valence-corrected chi connectivity index (χ2v) is 8.42. The zero-order chi connectivity index (χ0) is 23.4. The number of fused-ring (bicyclic) bond motifs is 1. The van der Waals surface area contributed by atoms with Crippen molar-refractivity contribution in [1.82, 2.24) is 20.3 Å². The molecule has 1 aromatic carbocycles. The number of nitrogens with one attached hydrogen (secondary N) is 1. The van der Waals surface area contributed by atoms with Crippen molar-refractivity contribution in [2.75, 3.05) is 17.7 Å². The lowest BCUT2D eigenvalue weighted by molar-refractivity contribution is 0.0950. The molecule has 4 aromatic rings. The van der Waals surface area contributed by atoms with Crippen LogP contribution in [0.3, 0.4) is 0 Å². The number of aromatic nitrogens is 3. The van der Waals surface area contributed by atoms with E-state index in [4.69, 9.17) is 5.73 Å². The van der Waals surface area contributed by atoms with Crippen molar-refractivity contribution in [3.05, 3.63) is 89.5 Å². The van der Waals surface area contributed by atoms with Gasteiger partial charge in [0.05, 0.1) is 5.56 Å². The fourth-order valence-corrected chi connectivity index (χ4v) is 3.58. The van der Waals surface area contributed by atoms with Crippen molar-refractivity contribution in [2.24, 2.45) is 0 Å². The van der Waals surface area contributed by atoms with Gasteiger partial charge in [-0.3, -0.25) is 9.78 Å². The first-order valence-electron chi connectivity index (χ1n) is 10.9. The molecule has 0 unspecified atom stereocenters. The van der Waals surface area contributed by atoms with Gasteiger partial charge in [-0.25, -0.2) is 9.97 Å². The third-order valence-electron chi connectivity index (χ3n) is 5.72. The first-order chi connectivity index (χ1) is 15.9. The van der Waals surface area contributed by atoms with Crippen LogP contribution in [-0.4, -0.2) is 33.9 Å². The van der Waals surface area contributed by atoms with Crippen molar-refractivity contribution >= 4 is 28.3 Å². The fraction of sp³-hybridized carbons (Fsp3) is 0.231. The molecule has 0 aliphatic carbocycles. The van der Waals surface area contributed by atoms with E-state index >= 15 is 0 Å². The molecule has 33 heavy (non-hydrogen) atoms. The van der Waals surface area contributed by atoms with Crippen molar-refractivity contribution in [3.63, 3.8) is 0 Å². The maximum absolute atomic E-state index is 12.7. The summed E-state index contributed by atoms with van der Waals surface area (Å²) in [7, 11) is 2.03. The molecule has 3 heterocycles. The molecule has 0 aliphatic rings. The molecule has 0 saturated heterocycles. The molecular weight excluding hydrogens is 412 g/mol. The quantitative estimate of drug-likeness (QED) is 0.451. The van der Waals surface area contributed by atoms with Crippen LogP contribution in [0.2, 0.25) is 0 Å². The Hall–Kier alpha value is -4.00. The number of pyridine rings is 3. The Morgan fingerprint density at radius 3 is 2.58 bits per heavy atom. The number of hydrogen-bond acceptors (Lipinski definition) is 6. The summed E-state index contributed by atoms with van der Waals surface area (Å²) in [6, 6.07) is 14.1. The molecule has 4 rings (SSSR count). The molecule has 0 radical (unpaired) electrons. The standard InChI is InChI=1S/C26H28N6O/c1-17(2)32(3)24-7-5-18(14-30-24)10-20-12-22(16-28-13-20)26(33)31-15-19-4-6-23-21(11-19)8-9-29-25(23)27/h4-9,11-14,16-17H,10,15H2,1-3H3,(H2,27,29)(H,31,33). The molecule has 0 fully saturated rings. The number of rotatable bonds is 7. The normalized spacial score (nSPS) is 11.0. The molecule has 0 bridgehead atoms. The van der Waals surface area contributed by atoms with E-state index in [1.807, 2.05) is 49.6 Å². The summed E-state index contributed by atoms with van der Waals surface area (Å²) in [4.78, 5) is 27.8. The van der Waals surface area contributed by atoms with Gasteiger partial charge >= 0.3 is 0 Å². The SMILES string of the molecule is CC(C)N(C)c1ccc(Cc2cncc(C(=O)NCc3ccc4c(N)nccc4c3)c2)cn1. The highest BCUT2D eigenvalue weighted by Gasteiger charge is 2.10. The van der Waals surface area contributed by atoms with Crippen LogP contribution in [0.15, 0.2) is 67.3 Å². The molecule has 3 N–H and O–H groups in total. The minimum atomic E-state index is -0.161. The number of carbonyl (C=O) groups excluding carboxylic acids is 1. The molecule has 7 nitrogen and oxygen atoms in total. The van der Waals surface area contributed by atoms with Gasteiger partial charge in [0.15, 0.2) is 0 Å². The Balaban J connectivity index is 1.40. The predicted octanol–water partition coefficient (Wildman–Crippen LogP) is 3.97. The zero-order valence-corrected chi connectivity index (χ0v) is 19.1. The number of nitrogens with zero attached hydrogens (tertiary/aromatic N) is 4. The summed E-state index contributed by atoms with van der Waals surface area (Å²) in [6.07, 6.45) is 7.59. The lowest BCUT2D eigenvalue weighted by Gasteiger charge is -2.22. The third kappa shape index (κ3) is 5.26. The van der Waals surface area contributed by atoms with E-state index in [-0.39, 0.29) is 5.91 Å². The lowest BCUT2D eigenvalue weighted by Crippen LogP contribution is -2.26. The van der Waals surface area contributed by atoms with E-state index in [1.54, 1.807) is 18.6 Å².